The number of piperazine rings is 1. The van der Waals surface area contributed by atoms with Crippen molar-refractivity contribution in [1.29, 1.82) is 5.26 Å². The molecule has 2 fully saturated rings. The van der Waals surface area contributed by atoms with Gasteiger partial charge in [0.15, 0.2) is 4.32 Å². The number of benzene rings is 2. The quantitative estimate of drug-likeness (QED) is 0.215. The van der Waals surface area contributed by atoms with Crippen LogP contribution >= 0.6 is 24.0 Å². The third-order valence-corrected chi connectivity index (χ3v) is 10.1. The van der Waals surface area contributed by atoms with Crippen LogP contribution in [-0.2, 0) is 18.4 Å². The highest BCUT2D eigenvalue weighted by atomic mass is 32.2. The van der Waals surface area contributed by atoms with Crippen LogP contribution in [-0.4, -0.2) is 50.3 Å². The number of aromatic nitrogens is 3. The van der Waals surface area contributed by atoms with Gasteiger partial charge in [-0.15, -0.1) is 0 Å². The molecule has 0 unspecified atom stereocenters. The molecular weight excluding hydrogens is 638 g/mol. The molecule has 4 heterocycles. The Labute approximate surface area is 280 Å². The lowest BCUT2D eigenvalue weighted by Gasteiger charge is -2.39. The van der Waals surface area contributed by atoms with Crippen molar-refractivity contribution in [2.75, 3.05) is 40.9 Å². The van der Waals surface area contributed by atoms with Crippen molar-refractivity contribution in [3.63, 3.8) is 0 Å². The van der Waals surface area contributed by atoms with Crippen molar-refractivity contribution in [1.82, 2.24) is 13.9 Å². The molecule has 4 aromatic rings. The van der Waals surface area contributed by atoms with Crippen LogP contribution < -0.4 is 25.8 Å². The topological polar surface area (TPSA) is 99.5 Å². The summed E-state index contributed by atoms with van der Waals surface area (Å²) in [6, 6.07) is 17.6. The molecule has 2 aliphatic rings. The molecule has 1 amide bonds. The van der Waals surface area contributed by atoms with Gasteiger partial charge in [-0.3, -0.25) is 28.5 Å². The number of nitriles is 1. The predicted molar refractivity (Wildman–Crippen MR) is 188 cm³/mol. The maximum atomic E-state index is 14.1. The van der Waals surface area contributed by atoms with Crippen LogP contribution in [0.4, 0.5) is 21.6 Å². The minimum Gasteiger partial charge on any atom is -0.368 e. The van der Waals surface area contributed by atoms with Crippen molar-refractivity contribution in [2.45, 2.75) is 27.3 Å². The lowest BCUT2D eigenvalue weighted by atomic mass is 10.0. The summed E-state index contributed by atoms with van der Waals surface area (Å²) in [5.74, 6) is -0.141. The summed E-state index contributed by atoms with van der Waals surface area (Å²) in [5.41, 5.74) is 2.57. The summed E-state index contributed by atoms with van der Waals surface area (Å²) in [4.78, 5) is 47.2. The van der Waals surface area contributed by atoms with Gasteiger partial charge in [-0.25, -0.2) is 9.07 Å². The highest BCUT2D eigenvalue weighted by Gasteiger charge is 2.38. The van der Waals surface area contributed by atoms with E-state index < -0.39 is 11.5 Å². The molecule has 2 aromatic carbocycles. The minimum atomic E-state index is -0.453. The van der Waals surface area contributed by atoms with Gasteiger partial charge in [0.25, 0.3) is 17.0 Å². The Morgan fingerprint density at radius 1 is 0.936 bits per heavy atom. The average molecular weight is 670 g/mol. The van der Waals surface area contributed by atoms with E-state index in [2.05, 4.69) is 15.9 Å². The lowest BCUT2D eigenvalue weighted by Crippen LogP contribution is -2.48. The first-order valence-electron chi connectivity index (χ1n) is 15.1. The lowest BCUT2D eigenvalue weighted by molar-refractivity contribution is -0.113. The number of carbonyl (C=O) groups excluding carboxylic acids is 1. The monoisotopic (exact) mass is 669 g/mol. The van der Waals surface area contributed by atoms with E-state index in [-0.39, 0.29) is 31.9 Å². The molecule has 2 aliphatic heterocycles. The van der Waals surface area contributed by atoms with Gasteiger partial charge < -0.3 is 9.80 Å². The van der Waals surface area contributed by atoms with Gasteiger partial charge in [0, 0.05) is 51.0 Å². The van der Waals surface area contributed by atoms with E-state index in [9.17, 15) is 24.0 Å². The van der Waals surface area contributed by atoms with Gasteiger partial charge in [-0.05, 0) is 68.8 Å². The molecule has 0 spiro atoms. The number of pyridine rings is 1. The summed E-state index contributed by atoms with van der Waals surface area (Å²) in [6.45, 7) is 7.96. The molecule has 0 atom stereocenters. The first kappa shape index (κ1) is 32.0. The Balaban J connectivity index is 1.41. The highest BCUT2D eigenvalue weighted by molar-refractivity contribution is 8.27. The fourth-order valence-corrected chi connectivity index (χ4v) is 7.46. The van der Waals surface area contributed by atoms with Crippen LogP contribution in [0, 0.1) is 31.0 Å². The van der Waals surface area contributed by atoms with Crippen molar-refractivity contribution in [2.24, 2.45) is 7.05 Å². The van der Waals surface area contributed by atoms with E-state index >= 15 is 0 Å². The number of thioether (sulfide) groups is 1. The van der Waals surface area contributed by atoms with E-state index in [0.717, 1.165) is 17.4 Å². The largest absolute Gasteiger partial charge is 0.368 e. The van der Waals surface area contributed by atoms with E-state index in [1.807, 2.05) is 37.3 Å². The summed E-state index contributed by atoms with van der Waals surface area (Å²) in [5, 5.41) is 9.98. The first-order chi connectivity index (χ1) is 22.6. The fraction of sp³-hybridized carbons (Fsp3) is 0.265. The van der Waals surface area contributed by atoms with Gasteiger partial charge in [0.2, 0.25) is 0 Å². The third-order valence-electron chi connectivity index (χ3n) is 8.75. The van der Waals surface area contributed by atoms with Gasteiger partial charge in [0.05, 0.1) is 16.3 Å². The molecule has 0 aliphatic carbocycles. The second kappa shape index (κ2) is 12.7. The number of anilines is 3. The SMILES string of the molecule is CCn1c(N2CCN(c3ccc(F)cc3)CC2)c(/C=C2\SC(=S)N(c3c(C)n(C)n(-c4ccccc4)c3=O)C2=O)c(C)c(C#N)c1=O. The van der Waals surface area contributed by atoms with Gasteiger partial charge in [-0.2, -0.15) is 5.26 Å². The summed E-state index contributed by atoms with van der Waals surface area (Å²) in [7, 11) is 1.75. The molecule has 0 bridgehead atoms. The Hall–Kier alpha value is -4.93. The Morgan fingerprint density at radius 2 is 1.57 bits per heavy atom. The van der Waals surface area contributed by atoms with E-state index in [0.29, 0.717) is 61.0 Å². The van der Waals surface area contributed by atoms with Crippen LogP contribution in [0.3, 0.4) is 0 Å². The zero-order valence-electron chi connectivity index (χ0n) is 26.4. The van der Waals surface area contributed by atoms with Crippen LogP contribution in [0.2, 0.25) is 0 Å². The number of rotatable bonds is 6. The van der Waals surface area contributed by atoms with E-state index in [1.54, 1.807) is 48.4 Å². The maximum Gasteiger partial charge on any atom is 0.296 e. The van der Waals surface area contributed by atoms with E-state index in [4.69, 9.17) is 12.2 Å². The standard InChI is InChI=1S/C34H32FN7O3S2/c1-5-40-30(39-17-15-38(16-18-39)24-13-11-23(35)12-14-24)26(21(2)27(20-36)31(40)43)19-28-32(44)41(34(46)47-28)29-22(3)37(4)42(33(29)45)25-9-7-6-8-10-25/h6-14,19H,5,15-18H2,1-4H3/b28-19-. The smallest absolute Gasteiger partial charge is 0.296 e. The molecule has 240 valence electrons. The number of carbonyl (C=O) groups is 1. The number of nitrogens with zero attached hydrogens (tertiary/aromatic N) is 7. The van der Waals surface area contributed by atoms with Crippen LogP contribution in [0.1, 0.15) is 29.3 Å². The molecule has 0 saturated carbocycles. The molecule has 6 rings (SSSR count). The highest BCUT2D eigenvalue weighted by Crippen LogP contribution is 2.38. The molecular formula is C34H32FN7O3S2. The summed E-state index contributed by atoms with van der Waals surface area (Å²) < 4.78 is 18.5. The number of thiocarbonyl (C=S) groups is 1. The second-order valence-electron chi connectivity index (χ2n) is 11.3. The average Bonchev–Trinajstić information content (AvgIpc) is 3.47. The number of para-hydroxylation sites is 1. The normalized spacial score (nSPS) is 16.0. The number of amides is 1. The number of hydrogen-bond donors (Lipinski definition) is 0. The van der Waals surface area contributed by atoms with Crippen molar-refractivity contribution in [3.05, 3.63) is 108 Å². The Morgan fingerprint density at radius 3 is 2.19 bits per heavy atom. The third kappa shape index (κ3) is 5.47. The Kier molecular flexibility index (Phi) is 8.65. The first-order valence-corrected chi connectivity index (χ1v) is 16.3. The second-order valence-corrected chi connectivity index (χ2v) is 13.0. The molecule has 10 nitrogen and oxygen atoms in total. The van der Waals surface area contributed by atoms with Crippen LogP contribution in [0.15, 0.2) is 69.1 Å². The van der Waals surface area contributed by atoms with Crippen molar-refractivity contribution in [3.8, 4) is 11.8 Å². The number of hydrogen-bond acceptors (Lipinski definition) is 8. The van der Waals surface area contributed by atoms with Crippen molar-refractivity contribution < 1.29 is 9.18 Å². The molecule has 13 heteroatoms. The Bertz CT molecular complexity index is 2100. The minimum absolute atomic E-state index is 0.00641. The summed E-state index contributed by atoms with van der Waals surface area (Å²) >= 11 is 6.76. The van der Waals surface area contributed by atoms with Crippen molar-refractivity contribution >= 4 is 57.5 Å². The zero-order valence-corrected chi connectivity index (χ0v) is 28.0. The van der Waals surface area contributed by atoms with Crippen LogP contribution in [0.25, 0.3) is 11.8 Å². The summed E-state index contributed by atoms with van der Waals surface area (Å²) in [6.07, 6.45) is 1.69. The van der Waals surface area contributed by atoms with Gasteiger partial charge in [-0.1, -0.05) is 42.2 Å². The van der Waals surface area contributed by atoms with Crippen LogP contribution in [0.5, 0.6) is 0 Å². The van der Waals surface area contributed by atoms with E-state index in [1.165, 1.54) is 21.7 Å². The molecule has 0 N–H and O–H groups in total. The zero-order chi connectivity index (χ0) is 33.6. The maximum absolute atomic E-state index is 14.1. The molecule has 47 heavy (non-hydrogen) atoms. The molecule has 2 saturated heterocycles. The fourth-order valence-electron chi connectivity index (χ4n) is 6.21. The number of halogens is 1. The molecule has 0 radical (unpaired) electrons. The van der Waals surface area contributed by atoms with Gasteiger partial charge >= 0.3 is 0 Å². The predicted octanol–water partition coefficient (Wildman–Crippen LogP) is 4.72. The van der Waals surface area contributed by atoms with Gasteiger partial charge in [0.1, 0.15) is 29.0 Å². The molecule has 2 aromatic heterocycles.